The van der Waals surface area contributed by atoms with Crippen molar-refractivity contribution in [3.63, 3.8) is 0 Å². The molecule has 1 aliphatic heterocycles. The topological polar surface area (TPSA) is 49.3 Å². The Bertz CT molecular complexity index is 513. The van der Waals surface area contributed by atoms with Gasteiger partial charge in [-0.05, 0) is 25.3 Å². The molecule has 114 valence electrons. The molecule has 1 amide bonds. The van der Waals surface area contributed by atoms with Crippen LogP contribution >= 0.6 is 0 Å². The first-order chi connectivity index (χ1) is 10.1. The van der Waals surface area contributed by atoms with Crippen LogP contribution in [-0.2, 0) is 4.79 Å². The van der Waals surface area contributed by atoms with E-state index >= 15 is 0 Å². The number of carbonyl (C=O) groups is 1. The summed E-state index contributed by atoms with van der Waals surface area (Å²) < 4.78 is 0. The van der Waals surface area contributed by atoms with Gasteiger partial charge >= 0.3 is 0 Å². The van der Waals surface area contributed by atoms with E-state index in [1.807, 2.05) is 17.2 Å². The molecule has 3 rings (SSSR count). The first-order valence-electron chi connectivity index (χ1n) is 8.02. The fraction of sp³-hybridized carbons (Fsp3) is 0.688. The van der Waals surface area contributed by atoms with Crippen LogP contribution in [0.25, 0.3) is 0 Å². The number of hydrogen-bond donors (Lipinski definition) is 0. The lowest BCUT2D eigenvalue weighted by molar-refractivity contribution is -0.132. The van der Waals surface area contributed by atoms with E-state index in [9.17, 15) is 4.79 Å². The molecular formula is C16H24N4O. The van der Waals surface area contributed by atoms with Crippen LogP contribution in [0.15, 0.2) is 12.3 Å². The molecule has 1 aromatic heterocycles. The van der Waals surface area contributed by atoms with Gasteiger partial charge in [0, 0.05) is 44.2 Å². The van der Waals surface area contributed by atoms with Crippen LogP contribution in [-0.4, -0.2) is 47.0 Å². The van der Waals surface area contributed by atoms with Gasteiger partial charge in [-0.3, -0.25) is 4.79 Å². The Morgan fingerprint density at radius 2 is 2.05 bits per heavy atom. The Morgan fingerprint density at radius 3 is 2.76 bits per heavy atom. The highest BCUT2D eigenvalue weighted by Gasteiger charge is 2.34. The zero-order valence-corrected chi connectivity index (χ0v) is 13.0. The van der Waals surface area contributed by atoms with Gasteiger partial charge in [0.1, 0.15) is 11.6 Å². The minimum absolute atomic E-state index is 0.322. The van der Waals surface area contributed by atoms with E-state index < -0.39 is 0 Å². The standard InChI is InChI=1S/C16H24N4O/c1-12(2)15-17-7-6-14(18-15)19-8-3-9-20(11-10-19)16(21)13-4-5-13/h6-7,12-13H,3-5,8-11H2,1-2H3. The molecule has 5 nitrogen and oxygen atoms in total. The molecule has 0 spiro atoms. The molecule has 1 saturated heterocycles. The zero-order chi connectivity index (χ0) is 14.8. The summed E-state index contributed by atoms with van der Waals surface area (Å²) in [5, 5.41) is 0. The minimum Gasteiger partial charge on any atom is -0.355 e. The molecule has 0 radical (unpaired) electrons. The Morgan fingerprint density at radius 1 is 1.24 bits per heavy atom. The monoisotopic (exact) mass is 288 g/mol. The molecular weight excluding hydrogens is 264 g/mol. The fourth-order valence-corrected chi connectivity index (χ4v) is 2.77. The zero-order valence-electron chi connectivity index (χ0n) is 13.0. The lowest BCUT2D eigenvalue weighted by atomic mass is 10.2. The van der Waals surface area contributed by atoms with Gasteiger partial charge in [-0.1, -0.05) is 13.8 Å². The van der Waals surface area contributed by atoms with Gasteiger partial charge in [-0.25, -0.2) is 9.97 Å². The third-order valence-electron chi connectivity index (χ3n) is 4.23. The van der Waals surface area contributed by atoms with Crippen molar-refractivity contribution < 1.29 is 4.79 Å². The molecule has 1 saturated carbocycles. The van der Waals surface area contributed by atoms with Gasteiger partial charge in [-0.2, -0.15) is 0 Å². The molecule has 2 fully saturated rings. The summed E-state index contributed by atoms with van der Waals surface area (Å²) in [7, 11) is 0. The van der Waals surface area contributed by atoms with Crippen LogP contribution in [0.5, 0.6) is 0 Å². The van der Waals surface area contributed by atoms with Gasteiger partial charge in [0.05, 0.1) is 0 Å². The molecule has 2 heterocycles. The van der Waals surface area contributed by atoms with Gasteiger partial charge in [-0.15, -0.1) is 0 Å². The van der Waals surface area contributed by atoms with E-state index in [4.69, 9.17) is 0 Å². The summed E-state index contributed by atoms with van der Waals surface area (Å²) in [6.45, 7) is 7.75. The van der Waals surface area contributed by atoms with Gasteiger partial charge in [0.2, 0.25) is 5.91 Å². The normalized spacial score (nSPS) is 19.8. The van der Waals surface area contributed by atoms with Crippen molar-refractivity contribution in [3.8, 4) is 0 Å². The first kappa shape index (κ1) is 14.3. The van der Waals surface area contributed by atoms with Crippen molar-refractivity contribution in [2.24, 2.45) is 5.92 Å². The van der Waals surface area contributed by atoms with Crippen LogP contribution in [0.1, 0.15) is 44.9 Å². The summed E-state index contributed by atoms with van der Waals surface area (Å²) in [5.74, 6) is 2.91. The van der Waals surface area contributed by atoms with Gasteiger partial charge in [0.25, 0.3) is 0 Å². The Hall–Kier alpha value is -1.65. The van der Waals surface area contributed by atoms with Crippen molar-refractivity contribution in [2.45, 2.75) is 39.0 Å². The summed E-state index contributed by atoms with van der Waals surface area (Å²) >= 11 is 0. The molecule has 1 aromatic rings. The molecule has 0 bridgehead atoms. The fourth-order valence-electron chi connectivity index (χ4n) is 2.77. The van der Waals surface area contributed by atoms with E-state index in [1.54, 1.807) is 0 Å². The highest BCUT2D eigenvalue weighted by Crippen LogP contribution is 2.31. The van der Waals surface area contributed by atoms with Crippen molar-refractivity contribution in [2.75, 3.05) is 31.1 Å². The van der Waals surface area contributed by atoms with E-state index in [-0.39, 0.29) is 0 Å². The number of nitrogens with zero attached hydrogens (tertiary/aromatic N) is 4. The highest BCUT2D eigenvalue weighted by molar-refractivity contribution is 5.81. The van der Waals surface area contributed by atoms with Crippen LogP contribution in [0.3, 0.4) is 0 Å². The Labute approximate surface area is 126 Å². The van der Waals surface area contributed by atoms with Crippen LogP contribution in [0.2, 0.25) is 0 Å². The maximum atomic E-state index is 12.2. The summed E-state index contributed by atoms with van der Waals surface area (Å²) in [4.78, 5) is 25.5. The Balaban J connectivity index is 1.66. The second kappa shape index (κ2) is 6.00. The molecule has 0 atom stereocenters. The number of rotatable bonds is 3. The van der Waals surface area contributed by atoms with Crippen molar-refractivity contribution in [3.05, 3.63) is 18.1 Å². The first-order valence-corrected chi connectivity index (χ1v) is 8.02. The molecule has 0 unspecified atom stereocenters. The number of carbonyl (C=O) groups excluding carboxylic acids is 1. The second-order valence-electron chi connectivity index (χ2n) is 6.37. The van der Waals surface area contributed by atoms with Crippen LogP contribution in [0, 0.1) is 5.92 Å². The summed E-state index contributed by atoms with van der Waals surface area (Å²) in [5.41, 5.74) is 0. The van der Waals surface area contributed by atoms with E-state index in [2.05, 4.69) is 28.7 Å². The average molecular weight is 288 g/mol. The maximum absolute atomic E-state index is 12.2. The predicted molar refractivity (Wildman–Crippen MR) is 82.3 cm³/mol. The van der Waals surface area contributed by atoms with E-state index in [0.29, 0.717) is 17.7 Å². The van der Waals surface area contributed by atoms with Gasteiger partial charge < -0.3 is 9.80 Å². The minimum atomic E-state index is 0.322. The molecule has 1 aliphatic carbocycles. The largest absolute Gasteiger partial charge is 0.355 e. The van der Waals surface area contributed by atoms with Crippen molar-refractivity contribution in [1.82, 2.24) is 14.9 Å². The molecule has 0 N–H and O–H groups in total. The van der Waals surface area contributed by atoms with Crippen LogP contribution in [0.4, 0.5) is 5.82 Å². The lowest BCUT2D eigenvalue weighted by Crippen LogP contribution is -2.36. The molecule has 5 heteroatoms. The second-order valence-corrected chi connectivity index (χ2v) is 6.37. The Kier molecular flexibility index (Phi) is 4.08. The van der Waals surface area contributed by atoms with Gasteiger partial charge in [0.15, 0.2) is 0 Å². The molecule has 21 heavy (non-hydrogen) atoms. The maximum Gasteiger partial charge on any atom is 0.225 e. The molecule has 0 aromatic carbocycles. The average Bonchev–Trinajstić information content (AvgIpc) is 3.33. The molecule has 2 aliphatic rings. The quantitative estimate of drug-likeness (QED) is 0.854. The SMILES string of the molecule is CC(C)c1nccc(N2CCCN(C(=O)C3CC3)CC2)n1. The number of hydrogen-bond acceptors (Lipinski definition) is 4. The van der Waals surface area contributed by atoms with Crippen molar-refractivity contribution >= 4 is 11.7 Å². The third-order valence-corrected chi connectivity index (χ3v) is 4.23. The summed E-state index contributed by atoms with van der Waals surface area (Å²) in [6, 6.07) is 1.98. The summed E-state index contributed by atoms with van der Waals surface area (Å²) in [6.07, 6.45) is 5.03. The third kappa shape index (κ3) is 3.34. The lowest BCUT2D eigenvalue weighted by Gasteiger charge is -2.23. The number of amides is 1. The number of aromatic nitrogens is 2. The van der Waals surface area contributed by atoms with Crippen LogP contribution < -0.4 is 4.90 Å². The van der Waals surface area contributed by atoms with E-state index in [1.165, 1.54) is 0 Å². The highest BCUT2D eigenvalue weighted by atomic mass is 16.2. The number of anilines is 1. The van der Waals surface area contributed by atoms with E-state index in [0.717, 1.165) is 57.1 Å². The van der Waals surface area contributed by atoms with Crippen molar-refractivity contribution in [1.29, 1.82) is 0 Å². The smallest absolute Gasteiger partial charge is 0.225 e. The predicted octanol–water partition coefficient (Wildman–Crippen LogP) is 2.05.